The molecular formula is C23H23ClN2O4. The van der Waals surface area contributed by atoms with Crippen LogP contribution in [-0.2, 0) is 24.1 Å². The number of aryl methyl sites for hydroxylation is 2. The van der Waals surface area contributed by atoms with Gasteiger partial charge in [0.1, 0.15) is 0 Å². The van der Waals surface area contributed by atoms with Gasteiger partial charge in [0.2, 0.25) is 6.79 Å². The van der Waals surface area contributed by atoms with Gasteiger partial charge in [-0.05, 0) is 43.9 Å². The first kappa shape index (κ1) is 20.3. The number of carbonyl (C=O) groups excluding carboxylic acids is 1. The minimum atomic E-state index is -0.387. The van der Waals surface area contributed by atoms with Crippen LogP contribution in [0.2, 0.25) is 5.02 Å². The minimum absolute atomic E-state index is 0.176. The molecule has 0 saturated heterocycles. The molecule has 0 amide bonds. The van der Waals surface area contributed by atoms with E-state index in [9.17, 15) is 4.79 Å². The lowest BCUT2D eigenvalue weighted by molar-refractivity contribution is 0.0364. The molecule has 0 aliphatic carbocycles. The van der Waals surface area contributed by atoms with E-state index in [1.54, 1.807) is 17.0 Å². The number of imidazole rings is 1. The fourth-order valence-corrected chi connectivity index (χ4v) is 3.62. The van der Waals surface area contributed by atoms with E-state index in [2.05, 4.69) is 17.1 Å². The van der Waals surface area contributed by atoms with Crippen molar-refractivity contribution in [3.8, 4) is 11.5 Å². The standard InChI is InChI=1S/C23H23ClN2O4/c1-15(2)30-23(27)22-19(9-8-16-6-4-3-5-7-16)25-13-26(22)12-17-10-20-21(11-18(17)24)29-14-28-20/h3-7,10-11,13,15H,8-9,12,14H2,1-2H3. The molecule has 0 unspecified atom stereocenters. The summed E-state index contributed by atoms with van der Waals surface area (Å²) in [7, 11) is 0. The number of rotatable bonds is 7. The van der Waals surface area contributed by atoms with E-state index in [-0.39, 0.29) is 18.9 Å². The Bertz CT molecular complexity index is 1050. The normalized spacial score (nSPS) is 12.4. The van der Waals surface area contributed by atoms with Crippen LogP contribution in [0.4, 0.5) is 0 Å². The Hall–Kier alpha value is -2.99. The zero-order chi connectivity index (χ0) is 21.1. The van der Waals surface area contributed by atoms with E-state index < -0.39 is 0 Å². The fraction of sp³-hybridized carbons (Fsp3) is 0.304. The number of halogens is 1. The first-order chi connectivity index (χ1) is 14.5. The number of aromatic nitrogens is 2. The van der Waals surface area contributed by atoms with Crippen LogP contribution >= 0.6 is 11.6 Å². The number of esters is 1. The molecule has 7 heteroatoms. The van der Waals surface area contributed by atoms with E-state index in [1.807, 2.05) is 38.1 Å². The lowest BCUT2D eigenvalue weighted by Crippen LogP contribution is -2.18. The van der Waals surface area contributed by atoms with E-state index in [1.165, 1.54) is 5.56 Å². The molecule has 0 atom stereocenters. The van der Waals surface area contributed by atoms with Gasteiger partial charge in [0.25, 0.3) is 0 Å². The van der Waals surface area contributed by atoms with Gasteiger partial charge in [0.05, 0.1) is 24.7 Å². The van der Waals surface area contributed by atoms with Crippen LogP contribution in [0.15, 0.2) is 48.8 Å². The van der Waals surface area contributed by atoms with Crippen molar-refractivity contribution < 1.29 is 19.0 Å². The molecule has 156 valence electrons. The van der Waals surface area contributed by atoms with Gasteiger partial charge in [-0.2, -0.15) is 0 Å². The smallest absolute Gasteiger partial charge is 0.357 e. The van der Waals surface area contributed by atoms with Crippen molar-refractivity contribution in [1.82, 2.24) is 9.55 Å². The highest BCUT2D eigenvalue weighted by Gasteiger charge is 2.23. The summed E-state index contributed by atoms with van der Waals surface area (Å²) in [6.07, 6.45) is 2.86. The van der Waals surface area contributed by atoms with E-state index in [0.29, 0.717) is 40.9 Å². The molecular weight excluding hydrogens is 404 g/mol. The van der Waals surface area contributed by atoms with Crippen LogP contribution in [-0.4, -0.2) is 28.4 Å². The molecule has 2 aromatic carbocycles. The van der Waals surface area contributed by atoms with Gasteiger partial charge in [0, 0.05) is 11.1 Å². The van der Waals surface area contributed by atoms with Gasteiger partial charge in [-0.15, -0.1) is 0 Å². The lowest BCUT2D eigenvalue weighted by Gasteiger charge is -2.13. The number of carbonyl (C=O) groups is 1. The third kappa shape index (κ3) is 4.44. The minimum Gasteiger partial charge on any atom is -0.458 e. The second kappa shape index (κ2) is 8.79. The summed E-state index contributed by atoms with van der Waals surface area (Å²) < 4.78 is 18.1. The number of hydrogen-bond donors (Lipinski definition) is 0. The number of nitrogens with zero attached hydrogens (tertiary/aromatic N) is 2. The molecule has 4 rings (SSSR count). The van der Waals surface area contributed by atoms with Crippen molar-refractivity contribution in [1.29, 1.82) is 0 Å². The van der Waals surface area contributed by atoms with Crippen molar-refractivity contribution in [2.75, 3.05) is 6.79 Å². The van der Waals surface area contributed by atoms with Crippen molar-refractivity contribution in [3.63, 3.8) is 0 Å². The van der Waals surface area contributed by atoms with E-state index in [4.69, 9.17) is 25.8 Å². The maximum Gasteiger partial charge on any atom is 0.357 e. The fourth-order valence-electron chi connectivity index (χ4n) is 3.40. The average Bonchev–Trinajstić information content (AvgIpc) is 3.33. The number of benzene rings is 2. The van der Waals surface area contributed by atoms with Crippen molar-refractivity contribution in [3.05, 3.63) is 76.3 Å². The van der Waals surface area contributed by atoms with Crippen LogP contribution in [0.1, 0.15) is 41.2 Å². The third-order valence-electron chi connectivity index (χ3n) is 4.83. The first-order valence-electron chi connectivity index (χ1n) is 9.88. The van der Waals surface area contributed by atoms with Crippen LogP contribution in [0.25, 0.3) is 0 Å². The summed E-state index contributed by atoms with van der Waals surface area (Å²) in [4.78, 5) is 17.4. The van der Waals surface area contributed by atoms with Crippen molar-refractivity contribution in [2.45, 2.75) is 39.3 Å². The highest BCUT2D eigenvalue weighted by atomic mass is 35.5. The molecule has 1 aliphatic rings. The molecule has 0 spiro atoms. The van der Waals surface area contributed by atoms with Crippen molar-refractivity contribution >= 4 is 17.6 Å². The second-order valence-electron chi connectivity index (χ2n) is 7.40. The summed E-state index contributed by atoms with van der Waals surface area (Å²) in [5.74, 6) is 0.880. The van der Waals surface area contributed by atoms with Gasteiger partial charge in [-0.25, -0.2) is 9.78 Å². The molecule has 30 heavy (non-hydrogen) atoms. The average molecular weight is 427 g/mol. The van der Waals surface area contributed by atoms with Gasteiger partial charge < -0.3 is 18.8 Å². The Morgan fingerprint density at radius 3 is 2.63 bits per heavy atom. The Kier molecular flexibility index (Phi) is 5.95. The van der Waals surface area contributed by atoms with E-state index in [0.717, 1.165) is 12.0 Å². The van der Waals surface area contributed by atoms with Crippen LogP contribution in [0.3, 0.4) is 0 Å². The topological polar surface area (TPSA) is 62.6 Å². The number of hydrogen-bond acceptors (Lipinski definition) is 5. The Labute approximate surface area is 180 Å². The monoisotopic (exact) mass is 426 g/mol. The third-order valence-corrected chi connectivity index (χ3v) is 5.18. The highest BCUT2D eigenvalue weighted by molar-refractivity contribution is 6.31. The van der Waals surface area contributed by atoms with Crippen molar-refractivity contribution in [2.24, 2.45) is 0 Å². The Balaban J connectivity index is 1.62. The SMILES string of the molecule is CC(C)OC(=O)c1c(CCc2ccccc2)ncn1Cc1cc2c(cc1Cl)OCO2. The van der Waals surface area contributed by atoms with Gasteiger partial charge in [-0.3, -0.25) is 0 Å². The number of fused-ring (bicyclic) bond motifs is 1. The maximum atomic E-state index is 12.9. The molecule has 3 aromatic rings. The second-order valence-corrected chi connectivity index (χ2v) is 7.81. The lowest BCUT2D eigenvalue weighted by atomic mass is 10.1. The molecule has 1 aliphatic heterocycles. The molecule has 0 bridgehead atoms. The van der Waals surface area contributed by atoms with Gasteiger partial charge in [-0.1, -0.05) is 41.9 Å². The van der Waals surface area contributed by atoms with Crippen LogP contribution in [0, 0.1) is 0 Å². The molecule has 0 fully saturated rings. The summed E-state index contributed by atoms with van der Waals surface area (Å²) in [5, 5.41) is 0.543. The van der Waals surface area contributed by atoms with Crippen LogP contribution in [0.5, 0.6) is 11.5 Å². The Morgan fingerprint density at radius 2 is 1.90 bits per heavy atom. The number of ether oxygens (including phenoxy) is 3. The summed E-state index contributed by atoms with van der Waals surface area (Å²) >= 11 is 6.44. The van der Waals surface area contributed by atoms with Crippen LogP contribution < -0.4 is 9.47 Å². The van der Waals surface area contributed by atoms with E-state index >= 15 is 0 Å². The van der Waals surface area contributed by atoms with Gasteiger partial charge >= 0.3 is 5.97 Å². The Morgan fingerprint density at radius 1 is 1.17 bits per heavy atom. The summed E-state index contributed by atoms with van der Waals surface area (Å²) in [6, 6.07) is 13.7. The molecule has 0 N–H and O–H groups in total. The first-order valence-corrected chi connectivity index (χ1v) is 10.3. The predicted molar refractivity (Wildman–Crippen MR) is 113 cm³/mol. The molecule has 0 saturated carbocycles. The molecule has 1 aromatic heterocycles. The largest absolute Gasteiger partial charge is 0.458 e. The van der Waals surface area contributed by atoms with Gasteiger partial charge in [0.15, 0.2) is 17.2 Å². The zero-order valence-corrected chi connectivity index (χ0v) is 17.7. The predicted octanol–water partition coefficient (Wildman–Crippen LogP) is 4.66. The summed E-state index contributed by atoms with van der Waals surface area (Å²) in [5.41, 5.74) is 3.16. The highest BCUT2D eigenvalue weighted by Crippen LogP contribution is 2.37. The maximum absolute atomic E-state index is 12.9. The summed E-state index contributed by atoms with van der Waals surface area (Å²) in [6.45, 7) is 4.21. The molecule has 2 heterocycles. The quantitative estimate of drug-likeness (QED) is 0.514. The molecule has 0 radical (unpaired) electrons. The molecule has 6 nitrogen and oxygen atoms in total. The zero-order valence-electron chi connectivity index (χ0n) is 16.9.